The van der Waals surface area contributed by atoms with Gasteiger partial charge in [-0.15, -0.1) is 0 Å². The predicted octanol–water partition coefficient (Wildman–Crippen LogP) is -3.34. The van der Waals surface area contributed by atoms with Crippen molar-refractivity contribution in [2.75, 3.05) is 13.2 Å². The van der Waals surface area contributed by atoms with Crippen LogP contribution in [-0.4, -0.2) is 13.2 Å². The molecule has 1 radical (unpaired) electrons. The van der Waals surface area contributed by atoms with E-state index in [2.05, 4.69) is 4.18 Å². The summed E-state index contributed by atoms with van der Waals surface area (Å²) in [7, 11) is -2.52. The zero-order valence-electron chi connectivity index (χ0n) is 4.46. The van der Waals surface area contributed by atoms with Gasteiger partial charge in [0.1, 0.15) is 6.61 Å². The maximum atomic E-state index is 9.44. The fourth-order valence-corrected chi connectivity index (χ4v) is 0.306. The van der Waals surface area contributed by atoms with Crippen molar-refractivity contribution in [1.29, 1.82) is 0 Å². The second kappa shape index (κ2) is 8.51. The third-order valence-corrected chi connectivity index (χ3v) is 0.622. The minimum Gasteiger partial charge on any atom is -0.422 e. The van der Waals surface area contributed by atoms with Gasteiger partial charge < -0.3 is 12.6 Å². The van der Waals surface area contributed by atoms with Gasteiger partial charge >= 0.3 is 51.4 Å². The summed E-state index contributed by atoms with van der Waals surface area (Å²) in [6, 6.07) is 0. The van der Waals surface area contributed by atoms with Gasteiger partial charge in [0.25, 0.3) is 0 Å². The van der Waals surface area contributed by atoms with Crippen molar-refractivity contribution in [3.05, 3.63) is 0 Å². The van der Waals surface area contributed by atoms with Crippen LogP contribution < -0.4 is 51.4 Å². The largest absolute Gasteiger partial charge is 1.00 e. The van der Waals surface area contributed by atoms with Crippen LogP contribution in [0.2, 0.25) is 0 Å². The van der Waals surface area contributed by atoms with Crippen molar-refractivity contribution < 1.29 is 69.1 Å². The third kappa shape index (κ3) is 10.5. The van der Waals surface area contributed by atoms with Gasteiger partial charge in [0.05, 0.1) is 17.6 Å². The van der Waals surface area contributed by atoms with E-state index in [0.717, 1.165) is 0 Å². The molecule has 0 rings (SSSR count). The van der Waals surface area contributed by atoms with Crippen LogP contribution in [0.4, 0.5) is 0 Å². The third-order valence-electron chi connectivity index (χ3n) is 0.263. The van der Waals surface area contributed by atoms with Crippen molar-refractivity contribution in [2.45, 2.75) is 0 Å². The van der Waals surface area contributed by atoms with Gasteiger partial charge in [0, 0.05) is 0 Å². The van der Waals surface area contributed by atoms with Crippen molar-refractivity contribution >= 4 is 11.0 Å². The van der Waals surface area contributed by atoms with Crippen LogP contribution in [-0.2, 0) is 28.7 Å². The smallest absolute Gasteiger partial charge is 0.422 e. The molecular formula is C2H4KO4S. The molecule has 0 bridgehead atoms. The predicted molar refractivity (Wildman–Crippen MR) is 20.2 cm³/mol. The molecule has 43 valence electrons. The molecule has 0 unspecified atom stereocenters. The molecular weight excluding hydrogens is 159 g/mol. The zero-order chi connectivity index (χ0) is 5.70. The molecule has 0 spiro atoms. The van der Waals surface area contributed by atoms with E-state index in [1.807, 2.05) is 0 Å². The van der Waals surface area contributed by atoms with Gasteiger partial charge in [0.15, 0.2) is 0 Å². The van der Waals surface area contributed by atoms with Crippen LogP contribution in [0.3, 0.4) is 0 Å². The molecule has 6 heteroatoms. The van der Waals surface area contributed by atoms with Gasteiger partial charge in [-0.3, -0.25) is 0 Å². The summed E-state index contributed by atoms with van der Waals surface area (Å²) in [6.07, 6.45) is 0. The molecule has 0 saturated heterocycles. The monoisotopic (exact) mass is 163 g/mol. The summed E-state index contributed by atoms with van der Waals surface area (Å²) < 4.78 is 22.6. The molecule has 0 saturated carbocycles. The molecule has 0 aliphatic carbocycles. The minimum atomic E-state index is -2.52. The Hall–Kier alpha value is 1.51. The molecule has 0 amide bonds. The first-order valence-electron chi connectivity index (χ1n) is 1.58. The Balaban J connectivity index is 0. The average molecular weight is 163 g/mol. The van der Waals surface area contributed by atoms with Crippen LogP contribution in [0.15, 0.2) is 0 Å². The Kier molecular flexibility index (Phi) is 13.0. The Morgan fingerprint density at radius 3 is 2.00 bits per heavy atom. The SMILES string of the molecule is [K+].[O]CCO[S-](=O)=O. The second-order valence-electron chi connectivity index (χ2n) is 0.730. The molecule has 8 heavy (non-hydrogen) atoms. The quantitative estimate of drug-likeness (QED) is 0.323. The molecule has 0 aromatic heterocycles. The topological polar surface area (TPSA) is 63.3 Å². The first-order valence-corrected chi connectivity index (χ1v) is 2.58. The van der Waals surface area contributed by atoms with Crippen LogP contribution in [0.1, 0.15) is 0 Å². The van der Waals surface area contributed by atoms with E-state index in [4.69, 9.17) is 0 Å². The maximum absolute atomic E-state index is 9.44. The summed E-state index contributed by atoms with van der Waals surface area (Å²) in [4.78, 5) is 0. The number of hydrogen-bond acceptors (Lipinski definition) is 4. The second-order valence-corrected chi connectivity index (χ2v) is 1.37. The summed E-state index contributed by atoms with van der Waals surface area (Å²) in [5, 5.41) is 9.44. The summed E-state index contributed by atoms with van der Waals surface area (Å²) in [6.45, 7) is -0.788. The maximum Gasteiger partial charge on any atom is 1.00 e. The van der Waals surface area contributed by atoms with Gasteiger partial charge in [-0.05, 0) is 0 Å². The van der Waals surface area contributed by atoms with Gasteiger partial charge in [-0.1, -0.05) is 0 Å². The van der Waals surface area contributed by atoms with Crippen LogP contribution in [0.25, 0.3) is 0 Å². The Bertz CT molecular complexity index is 92.2. The van der Waals surface area contributed by atoms with E-state index in [1.54, 1.807) is 0 Å². The van der Waals surface area contributed by atoms with E-state index >= 15 is 0 Å². The normalized spacial score (nSPS) is 8.75. The first-order chi connectivity index (χ1) is 3.27. The van der Waals surface area contributed by atoms with Crippen molar-refractivity contribution in [3.63, 3.8) is 0 Å². The molecule has 0 aromatic rings. The van der Waals surface area contributed by atoms with E-state index in [0.29, 0.717) is 0 Å². The molecule has 0 aromatic carbocycles. The molecule has 4 nitrogen and oxygen atoms in total. The first kappa shape index (κ1) is 12.2. The van der Waals surface area contributed by atoms with E-state index in [9.17, 15) is 13.5 Å². The van der Waals surface area contributed by atoms with Gasteiger partial charge in [-0.2, -0.15) is 0 Å². The summed E-state index contributed by atoms with van der Waals surface area (Å²) in [5.74, 6) is 0. The van der Waals surface area contributed by atoms with Crippen molar-refractivity contribution in [2.24, 2.45) is 0 Å². The number of hydrogen-bond donors (Lipinski definition) is 0. The summed E-state index contributed by atoms with van der Waals surface area (Å²) in [5.41, 5.74) is 0. The standard InChI is InChI=1S/C2H4O4S.K/c3-1-2-6-7(4)5;/h1-2H2;/q-1;+1. The van der Waals surface area contributed by atoms with Crippen LogP contribution >= 0.6 is 0 Å². The molecule has 0 fully saturated rings. The van der Waals surface area contributed by atoms with Crippen LogP contribution in [0.5, 0.6) is 0 Å². The Labute approximate surface area is 91.8 Å². The fraction of sp³-hybridized carbons (Fsp3) is 1.00. The van der Waals surface area contributed by atoms with Crippen molar-refractivity contribution in [3.8, 4) is 0 Å². The Morgan fingerprint density at radius 1 is 1.38 bits per heavy atom. The minimum absolute atomic E-state index is 0. The molecule has 0 heterocycles. The summed E-state index contributed by atoms with van der Waals surface area (Å²) >= 11 is 0. The zero-order valence-corrected chi connectivity index (χ0v) is 8.40. The van der Waals surface area contributed by atoms with Crippen molar-refractivity contribution in [1.82, 2.24) is 0 Å². The van der Waals surface area contributed by atoms with Crippen LogP contribution in [0, 0.1) is 0 Å². The number of rotatable bonds is 3. The van der Waals surface area contributed by atoms with Gasteiger partial charge in [0.2, 0.25) is 0 Å². The van der Waals surface area contributed by atoms with E-state index in [-0.39, 0.29) is 58.0 Å². The Morgan fingerprint density at radius 2 is 1.88 bits per heavy atom. The average Bonchev–Trinajstić information content (AvgIpc) is 1.61. The van der Waals surface area contributed by atoms with Gasteiger partial charge in [-0.25, -0.2) is 5.11 Å². The molecule has 0 aliphatic heterocycles. The molecule has 0 N–H and O–H groups in total. The van der Waals surface area contributed by atoms with E-state index < -0.39 is 17.6 Å². The molecule has 0 aliphatic rings. The fourth-order valence-electron chi connectivity index (χ4n) is 0.102. The molecule has 0 atom stereocenters. The van der Waals surface area contributed by atoms with E-state index in [1.165, 1.54) is 0 Å².